The van der Waals surface area contributed by atoms with Gasteiger partial charge in [0.15, 0.2) is 0 Å². The van der Waals surface area contributed by atoms with Gasteiger partial charge in [-0.15, -0.1) is 0 Å². The van der Waals surface area contributed by atoms with Crippen LogP contribution >= 0.6 is 0 Å². The van der Waals surface area contributed by atoms with Gasteiger partial charge in [0.25, 0.3) is 0 Å². The van der Waals surface area contributed by atoms with Gasteiger partial charge >= 0.3 is 0 Å². The summed E-state index contributed by atoms with van der Waals surface area (Å²) in [4.78, 5) is 10.9. The minimum atomic E-state index is 0.518. The minimum absolute atomic E-state index is 0.518. The van der Waals surface area contributed by atoms with Crippen molar-refractivity contribution >= 4 is 0 Å². The Balaban J connectivity index is 1.62. The van der Waals surface area contributed by atoms with Crippen molar-refractivity contribution in [3.05, 3.63) is 48.3 Å². The second kappa shape index (κ2) is 6.83. The summed E-state index contributed by atoms with van der Waals surface area (Å²) >= 11 is 0. The van der Waals surface area contributed by atoms with Gasteiger partial charge in [-0.25, -0.2) is 4.98 Å². The maximum absolute atomic E-state index is 5.77. The van der Waals surface area contributed by atoms with Crippen LogP contribution in [0.25, 0.3) is 0 Å². The summed E-state index contributed by atoms with van der Waals surface area (Å²) in [6.45, 7) is 4.61. The van der Waals surface area contributed by atoms with Crippen LogP contribution in [-0.4, -0.2) is 45.7 Å². The molecule has 0 N–H and O–H groups in total. The van der Waals surface area contributed by atoms with Crippen molar-refractivity contribution < 1.29 is 4.74 Å². The molecule has 2 aromatic rings. The van der Waals surface area contributed by atoms with Gasteiger partial charge in [-0.2, -0.15) is 0 Å². The van der Waals surface area contributed by atoms with E-state index in [9.17, 15) is 0 Å². The van der Waals surface area contributed by atoms with Crippen molar-refractivity contribution in [1.29, 1.82) is 0 Å². The van der Waals surface area contributed by atoms with E-state index in [1.54, 1.807) is 0 Å². The number of hydrogen-bond acceptors (Lipinski definition) is 4. The number of hydrogen-bond donors (Lipinski definition) is 0. The summed E-state index contributed by atoms with van der Waals surface area (Å²) in [5.41, 5.74) is 2.53. The molecule has 2 aromatic heterocycles. The maximum Gasteiger partial charge on any atom is 0.0945 e. The molecule has 1 atom stereocenters. The third-order valence-electron chi connectivity index (χ3n) is 3.97. The predicted octanol–water partition coefficient (Wildman–Crippen LogP) is 1.51. The summed E-state index contributed by atoms with van der Waals surface area (Å²) < 4.78 is 7.86. The Hall–Kier alpha value is -1.72. The van der Waals surface area contributed by atoms with Crippen molar-refractivity contribution in [2.75, 3.05) is 26.3 Å². The first kappa shape index (κ1) is 14.2. The highest BCUT2D eigenvalue weighted by Gasteiger charge is 2.20. The van der Waals surface area contributed by atoms with Gasteiger partial charge in [-0.1, -0.05) is 6.07 Å². The van der Waals surface area contributed by atoms with Crippen LogP contribution in [0.3, 0.4) is 0 Å². The lowest BCUT2D eigenvalue weighted by Crippen LogP contribution is -2.31. The van der Waals surface area contributed by atoms with Crippen LogP contribution in [0.1, 0.15) is 11.3 Å². The molecule has 112 valence electrons. The molecule has 1 fully saturated rings. The van der Waals surface area contributed by atoms with Crippen LogP contribution in [-0.2, 0) is 24.8 Å². The van der Waals surface area contributed by atoms with E-state index >= 15 is 0 Å². The van der Waals surface area contributed by atoms with Crippen LogP contribution in [0.2, 0.25) is 0 Å². The number of aryl methyl sites for hydroxylation is 1. The lowest BCUT2D eigenvalue weighted by molar-refractivity contribution is 0.121. The van der Waals surface area contributed by atoms with E-state index in [0.717, 1.165) is 39.3 Å². The summed E-state index contributed by atoms with van der Waals surface area (Å²) in [6, 6.07) is 4.14. The second-order valence-electron chi connectivity index (χ2n) is 5.74. The molecule has 5 nitrogen and oxygen atoms in total. The smallest absolute Gasteiger partial charge is 0.0945 e. The van der Waals surface area contributed by atoms with Gasteiger partial charge in [0.1, 0.15) is 0 Å². The number of imidazole rings is 1. The molecule has 0 aliphatic carbocycles. The SMILES string of the molecule is Cn1cncc1CN1CCOC[C@H](Cc2cccnc2)C1. The Morgan fingerprint density at radius 1 is 1.33 bits per heavy atom. The molecular weight excluding hydrogens is 264 g/mol. The van der Waals surface area contributed by atoms with E-state index in [1.165, 1.54) is 11.3 Å². The van der Waals surface area contributed by atoms with Gasteiger partial charge in [0.2, 0.25) is 0 Å². The van der Waals surface area contributed by atoms with E-state index < -0.39 is 0 Å². The monoisotopic (exact) mass is 286 g/mol. The van der Waals surface area contributed by atoms with Crippen LogP contribution < -0.4 is 0 Å². The molecule has 0 spiro atoms. The number of ether oxygens (including phenoxy) is 1. The summed E-state index contributed by atoms with van der Waals surface area (Å²) in [5, 5.41) is 0. The first-order chi connectivity index (χ1) is 10.3. The Morgan fingerprint density at radius 3 is 3.05 bits per heavy atom. The topological polar surface area (TPSA) is 43.2 Å². The minimum Gasteiger partial charge on any atom is -0.380 e. The molecule has 1 saturated heterocycles. The largest absolute Gasteiger partial charge is 0.380 e. The fraction of sp³-hybridized carbons (Fsp3) is 0.500. The maximum atomic E-state index is 5.77. The lowest BCUT2D eigenvalue weighted by atomic mass is 10.0. The van der Waals surface area contributed by atoms with Gasteiger partial charge in [-0.05, 0) is 24.0 Å². The normalized spacial score (nSPS) is 20.3. The first-order valence-electron chi connectivity index (χ1n) is 7.45. The van der Waals surface area contributed by atoms with E-state index in [4.69, 9.17) is 4.74 Å². The fourth-order valence-corrected chi connectivity index (χ4v) is 2.84. The third-order valence-corrected chi connectivity index (χ3v) is 3.97. The van der Waals surface area contributed by atoms with Crippen molar-refractivity contribution in [3.8, 4) is 0 Å². The van der Waals surface area contributed by atoms with Gasteiger partial charge in [0, 0.05) is 45.3 Å². The Morgan fingerprint density at radius 2 is 2.29 bits per heavy atom. The molecule has 3 heterocycles. The van der Waals surface area contributed by atoms with Crippen LogP contribution in [0.5, 0.6) is 0 Å². The highest BCUT2D eigenvalue weighted by atomic mass is 16.5. The molecule has 0 bridgehead atoms. The Labute approximate surface area is 125 Å². The average molecular weight is 286 g/mol. The summed E-state index contributed by atoms with van der Waals surface area (Å²) in [6.07, 6.45) is 8.60. The van der Waals surface area contributed by atoms with E-state index in [2.05, 4.69) is 25.5 Å². The van der Waals surface area contributed by atoms with Crippen LogP contribution in [0.15, 0.2) is 37.1 Å². The molecule has 3 rings (SSSR count). The lowest BCUT2D eigenvalue weighted by Gasteiger charge is -2.23. The fourth-order valence-electron chi connectivity index (χ4n) is 2.84. The average Bonchev–Trinajstić information content (AvgIpc) is 2.76. The molecule has 0 saturated carbocycles. The van der Waals surface area contributed by atoms with Crippen molar-refractivity contribution in [2.45, 2.75) is 13.0 Å². The molecule has 21 heavy (non-hydrogen) atoms. The van der Waals surface area contributed by atoms with Crippen molar-refractivity contribution in [1.82, 2.24) is 19.4 Å². The number of rotatable bonds is 4. The zero-order chi connectivity index (χ0) is 14.5. The first-order valence-corrected chi connectivity index (χ1v) is 7.45. The van der Waals surface area contributed by atoms with Crippen molar-refractivity contribution in [2.24, 2.45) is 13.0 Å². The Kier molecular flexibility index (Phi) is 4.62. The Bertz CT molecular complexity index is 554. The molecule has 5 heteroatoms. The standard InChI is InChI=1S/C16H22N4O/c1-19-13-18-9-16(19)11-20-5-6-21-12-15(10-20)7-14-3-2-4-17-8-14/h2-4,8-9,13,15H,5-7,10-12H2,1H3/t15-/m1/s1. The number of aromatic nitrogens is 3. The molecule has 0 unspecified atom stereocenters. The third kappa shape index (κ3) is 3.89. The molecule has 0 amide bonds. The quantitative estimate of drug-likeness (QED) is 0.854. The molecule has 0 radical (unpaired) electrons. The van der Waals surface area contributed by atoms with Crippen LogP contribution in [0, 0.1) is 5.92 Å². The number of nitrogens with zero attached hydrogens (tertiary/aromatic N) is 4. The molecular formula is C16H22N4O. The van der Waals surface area contributed by atoms with Gasteiger partial charge in [0.05, 0.1) is 25.2 Å². The van der Waals surface area contributed by atoms with Crippen LogP contribution in [0.4, 0.5) is 0 Å². The molecule has 0 aromatic carbocycles. The molecule has 1 aliphatic heterocycles. The highest BCUT2D eigenvalue weighted by Crippen LogP contribution is 2.15. The second-order valence-corrected chi connectivity index (χ2v) is 5.74. The predicted molar refractivity (Wildman–Crippen MR) is 80.7 cm³/mol. The number of pyridine rings is 1. The van der Waals surface area contributed by atoms with E-state index in [-0.39, 0.29) is 0 Å². The summed E-state index contributed by atoms with van der Waals surface area (Å²) in [5.74, 6) is 0.518. The zero-order valence-corrected chi connectivity index (χ0v) is 12.5. The van der Waals surface area contributed by atoms with E-state index in [1.807, 2.05) is 38.0 Å². The van der Waals surface area contributed by atoms with Gasteiger partial charge in [-0.3, -0.25) is 9.88 Å². The highest BCUT2D eigenvalue weighted by molar-refractivity contribution is 5.09. The van der Waals surface area contributed by atoms with Crippen molar-refractivity contribution in [3.63, 3.8) is 0 Å². The zero-order valence-electron chi connectivity index (χ0n) is 12.5. The molecule has 1 aliphatic rings. The van der Waals surface area contributed by atoms with E-state index in [0.29, 0.717) is 5.92 Å². The summed E-state index contributed by atoms with van der Waals surface area (Å²) in [7, 11) is 2.05. The van der Waals surface area contributed by atoms with Gasteiger partial charge < -0.3 is 9.30 Å².